The summed E-state index contributed by atoms with van der Waals surface area (Å²) in [4.78, 5) is 57.3. The van der Waals surface area contributed by atoms with Crippen LogP contribution in [0.25, 0.3) is 0 Å². The van der Waals surface area contributed by atoms with E-state index in [0.717, 1.165) is 6.42 Å². The number of rotatable bonds is 15. The summed E-state index contributed by atoms with van der Waals surface area (Å²) < 4.78 is 0. The lowest BCUT2D eigenvalue weighted by molar-refractivity contribution is -0.141. The zero-order valence-corrected chi connectivity index (χ0v) is 20.0. The molecule has 1 heterocycles. The van der Waals surface area contributed by atoms with Crippen molar-refractivity contribution in [3.63, 3.8) is 0 Å². The van der Waals surface area contributed by atoms with Crippen molar-refractivity contribution in [3.05, 3.63) is 0 Å². The fourth-order valence-corrected chi connectivity index (χ4v) is 3.37. The van der Waals surface area contributed by atoms with Gasteiger partial charge >= 0.3 is 5.97 Å². The van der Waals surface area contributed by atoms with E-state index in [9.17, 15) is 19.2 Å². The normalized spacial score (nSPS) is 17.3. The summed E-state index contributed by atoms with van der Waals surface area (Å²) in [6, 6.07) is -3.59. The van der Waals surface area contributed by atoms with E-state index in [4.69, 9.17) is 28.0 Å². The van der Waals surface area contributed by atoms with Crippen molar-refractivity contribution in [2.75, 3.05) is 19.6 Å². The number of hydrogen-bond acceptors (Lipinski definition) is 7. The zero-order chi connectivity index (χ0) is 26.4. The van der Waals surface area contributed by atoms with Crippen molar-refractivity contribution in [1.82, 2.24) is 21.3 Å². The number of nitrogens with zero attached hydrogens (tertiary/aromatic N) is 2. The molecule has 0 radical (unpaired) electrons. The second-order valence-corrected chi connectivity index (χ2v) is 8.24. The third-order valence-corrected chi connectivity index (χ3v) is 5.26. The molecule has 1 saturated heterocycles. The van der Waals surface area contributed by atoms with E-state index < -0.39 is 42.0 Å². The molecule has 15 heteroatoms. The van der Waals surface area contributed by atoms with Crippen LogP contribution in [0.5, 0.6) is 0 Å². The van der Waals surface area contributed by atoms with Crippen LogP contribution in [-0.2, 0) is 19.2 Å². The van der Waals surface area contributed by atoms with Gasteiger partial charge in [-0.05, 0) is 52.0 Å². The van der Waals surface area contributed by atoms with E-state index >= 15 is 0 Å². The van der Waals surface area contributed by atoms with Gasteiger partial charge in [0, 0.05) is 13.1 Å². The number of carboxylic acids is 1. The average Bonchev–Trinajstić information content (AvgIpc) is 3.32. The number of aliphatic imine (C=N–C) groups is 2. The molecule has 3 amide bonds. The predicted octanol–water partition coefficient (Wildman–Crippen LogP) is -3.60. The van der Waals surface area contributed by atoms with Crippen LogP contribution in [0.2, 0.25) is 0 Å². The van der Waals surface area contributed by atoms with E-state index in [2.05, 4.69) is 31.3 Å². The second-order valence-electron chi connectivity index (χ2n) is 8.24. The van der Waals surface area contributed by atoms with E-state index in [1.54, 1.807) is 0 Å². The highest BCUT2D eigenvalue weighted by Crippen LogP contribution is 2.08. The maximum absolute atomic E-state index is 13.1. The van der Waals surface area contributed by atoms with Crippen LogP contribution in [-0.4, -0.2) is 84.5 Å². The van der Waals surface area contributed by atoms with Gasteiger partial charge in [0.2, 0.25) is 17.7 Å². The van der Waals surface area contributed by atoms with Crippen molar-refractivity contribution in [2.45, 2.75) is 69.6 Å². The Kier molecular flexibility index (Phi) is 12.9. The van der Waals surface area contributed by atoms with Gasteiger partial charge in [-0.3, -0.25) is 29.2 Å². The first kappa shape index (κ1) is 29.4. The van der Waals surface area contributed by atoms with E-state index in [-0.39, 0.29) is 43.8 Å². The molecule has 0 aromatic rings. The van der Waals surface area contributed by atoms with Gasteiger partial charge in [-0.15, -0.1) is 0 Å². The van der Waals surface area contributed by atoms with Crippen molar-refractivity contribution < 1.29 is 24.3 Å². The second kappa shape index (κ2) is 15.3. The van der Waals surface area contributed by atoms with Crippen molar-refractivity contribution in [3.8, 4) is 0 Å². The molecule has 15 nitrogen and oxygen atoms in total. The third kappa shape index (κ3) is 11.9. The number of aliphatic carboxylic acids is 1. The van der Waals surface area contributed by atoms with Crippen LogP contribution in [0.15, 0.2) is 9.98 Å². The average molecular weight is 499 g/mol. The van der Waals surface area contributed by atoms with Crippen molar-refractivity contribution in [2.24, 2.45) is 32.9 Å². The summed E-state index contributed by atoms with van der Waals surface area (Å²) in [5.41, 5.74) is 21.3. The number of amides is 3. The summed E-state index contributed by atoms with van der Waals surface area (Å²) in [5, 5.41) is 19.8. The van der Waals surface area contributed by atoms with Gasteiger partial charge in [-0.2, -0.15) is 0 Å². The van der Waals surface area contributed by atoms with Gasteiger partial charge in [-0.1, -0.05) is 0 Å². The maximum atomic E-state index is 13.1. The summed E-state index contributed by atoms with van der Waals surface area (Å²) >= 11 is 0. The number of carbonyl (C=O) groups is 4. The molecule has 1 rings (SSSR count). The SMILES string of the molecule is C[C@H](NC(=O)[C@H](CCCN=C(N)N)NC(=O)[C@H](CCCN=C(N)N)NC(=O)[C@@H]1CCCN1)C(=O)O. The molecule has 1 aliphatic rings. The fraction of sp³-hybridized carbons (Fsp3) is 0.700. The molecule has 0 saturated carbocycles. The van der Waals surface area contributed by atoms with Crippen LogP contribution in [0, 0.1) is 0 Å². The molecule has 0 aliphatic carbocycles. The van der Waals surface area contributed by atoms with E-state index in [1.165, 1.54) is 6.92 Å². The molecule has 0 spiro atoms. The standard InChI is InChI=1S/C20H38N10O5/c1-11(18(34)35)28-16(32)13(6-3-9-26-19(21)22)30-17(33)14(7-4-10-27-20(23)24)29-15(31)12-5-2-8-25-12/h11-14,25H,2-10H2,1H3,(H,28,32)(H,29,31)(H,30,33)(H,34,35)(H4,21,22,26)(H4,23,24,27)/t11-,12-,13-,14-/m0/s1. The maximum Gasteiger partial charge on any atom is 0.325 e. The first-order valence-corrected chi connectivity index (χ1v) is 11.5. The Bertz CT molecular complexity index is 789. The minimum atomic E-state index is -1.22. The lowest BCUT2D eigenvalue weighted by Crippen LogP contribution is -2.56. The summed E-state index contributed by atoms with van der Waals surface area (Å²) in [7, 11) is 0. The Morgan fingerprint density at radius 3 is 1.89 bits per heavy atom. The van der Waals surface area contributed by atoms with Crippen LogP contribution in [0.1, 0.15) is 45.4 Å². The molecular weight excluding hydrogens is 460 g/mol. The molecule has 13 N–H and O–H groups in total. The number of nitrogens with one attached hydrogen (secondary N) is 4. The fourth-order valence-electron chi connectivity index (χ4n) is 3.37. The van der Waals surface area contributed by atoms with Crippen molar-refractivity contribution in [1.29, 1.82) is 0 Å². The molecule has 198 valence electrons. The monoisotopic (exact) mass is 498 g/mol. The molecule has 0 bridgehead atoms. The summed E-state index contributed by atoms with van der Waals surface area (Å²) in [6.07, 6.45) is 2.59. The van der Waals surface area contributed by atoms with Gasteiger partial charge in [0.25, 0.3) is 0 Å². The minimum absolute atomic E-state index is 0.0877. The molecular formula is C20H38N10O5. The van der Waals surface area contributed by atoms with Crippen LogP contribution in [0.4, 0.5) is 0 Å². The Morgan fingerprint density at radius 1 is 0.914 bits per heavy atom. The quantitative estimate of drug-likeness (QED) is 0.0608. The van der Waals surface area contributed by atoms with Crippen LogP contribution >= 0.6 is 0 Å². The van der Waals surface area contributed by atoms with Crippen LogP contribution in [0.3, 0.4) is 0 Å². The predicted molar refractivity (Wildman–Crippen MR) is 130 cm³/mol. The van der Waals surface area contributed by atoms with Gasteiger partial charge < -0.3 is 49.3 Å². The molecule has 1 aliphatic heterocycles. The molecule has 0 aromatic carbocycles. The molecule has 0 unspecified atom stereocenters. The first-order valence-electron chi connectivity index (χ1n) is 11.5. The molecule has 35 heavy (non-hydrogen) atoms. The van der Waals surface area contributed by atoms with Gasteiger partial charge in [0.05, 0.1) is 6.04 Å². The number of carbonyl (C=O) groups excluding carboxylic acids is 3. The first-order chi connectivity index (χ1) is 16.5. The highest BCUT2D eigenvalue weighted by atomic mass is 16.4. The van der Waals surface area contributed by atoms with E-state index in [0.29, 0.717) is 25.8 Å². The zero-order valence-electron chi connectivity index (χ0n) is 20.0. The largest absolute Gasteiger partial charge is 0.480 e. The van der Waals surface area contributed by atoms with Crippen molar-refractivity contribution >= 4 is 35.6 Å². The Labute approximate surface area is 203 Å². The smallest absolute Gasteiger partial charge is 0.325 e. The number of nitrogens with two attached hydrogens (primary N) is 4. The number of hydrogen-bond donors (Lipinski definition) is 9. The number of guanidine groups is 2. The topological polar surface area (TPSA) is 265 Å². The Balaban J connectivity index is 2.92. The van der Waals surface area contributed by atoms with Gasteiger partial charge in [0.1, 0.15) is 18.1 Å². The lowest BCUT2D eigenvalue weighted by Gasteiger charge is -2.24. The highest BCUT2D eigenvalue weighted by Gasteiger charge is 2.30. The van der Waals surface area contributed by atoms with E-state index in [1.807, 2.05) is 0 Å². The number of carboxylic acid groups (broad SMARTS) is 1. The summed E-state index contributed by atoms with van der Waals surface area (Å²) in [6.45, 7) is 2.48. The Hall–Kier alpha value is -3.62. The lowest BCUT2D eigenvalue weighted by atomic mass is 10.1. The highest BCUT2D eigenvalue weighted by molar-refractivity contribution is 5.94. The molecule has 1 fully saturated rings. The van der Waals surface area contributed by atoms with Gasteiger partial charge in [-0.25, -0.2) is 0 Å². The van der Waals surface area contributed by atoms with Crippen LogP contribution < -0.4 is 44.2 Å². The summed E-state index contributed by atoms with van der Waals surface area (Å²) in [5.74, 6) is -3.02. The third-order valence-electron chi connectivity index (χ3n) is 5.26. The van der Waals surface area contributed by atoms with Gasteiger partial charge in [0.15, 0.2) is 11.9 Å². The molecule has 4 atom stereocenters. The minimum Gasteiger partial charge on any atom is -0.480 e. The Morgan fingerprint density at radius 2 is 1.43 bits per heavy atom. The molecule has 0 aromatic heterocycles.